The first-order valence-corrected chi connectivity index (χ1v) is 8.22. The summed E-state index contributed by atoms with van der Waals surface area (Å²) in [5, 5.41) is 13.8. The van der Waals surface area contributed by atoms with Crippen LogP contribution in [0.3, 0.4) is 0 Å². The van der Waals surface area contributed by atoms with Crippen molar-refractivity contribution in [3.05, 3.63) is 30.1 Å². The zero-order valence-corrected chi connectivity index (χ0v) is 13.0. The van der Waals surface area contributed by atoms with E-state index in [1.807, 2.05) is 12.1 Å². The minimum absolute atomic E-state index is 0.149. The van der Waals surface area contributed by atoms with Crippen molar-refractivity contribution < 1.29 is 9.50 Å². The molecular formula is C16H24FNOS. The van der Waals surface area contributed by atoms with Gasteiger partial charge in [-0.2, -0.15) is 0 Å². The van der Waals surface area contributed by atoms with E-state index in [1.165, 1.54) is 12.1 Å². The quantitative estimate of drug-likeness (QED) is 0.871. The number of aliphatic hydroxyl groups excluding tert-OH is 1. The summed E-state index contributed by atoms with van der Waals surface area (Å²) in [5.74, 6) is -0.191. The molecule has 2 atom stereocenters. The van der Waals surface area contributed by atoms with E-state index in [0.717, 1.165) is 30.6 Å². The first-order valence-electron chi connectivity index (χ1n) is 7.34. The second kappa shape index (κ2) is 6.92. The molecule has 20 heavy (non-hydrogen) atoms. The van der Waals surface area contributed by atoms with Gasteiger partial charge in [-0.25, -0.2) is 4.39 Å². The van der Waals surface area contributed by atoms with Gasteiger partial charge in [-0.15, -0.1) is 11.8 Å². The van der Waals surface area contributed by atoms with Gasteiger partial charge in [0.25, 0.3) is 0 Å². The van der Waals surface area contributed by atoms with Crippen LogP contribution in [0.25, 0.3) is 0 Å². The van der Waals surface area contributed by atoms with E-state index in [4.69, 9.17) is 0 Å². The van der Waals surface area contributed by atoms with Gasteiger partial charge in [0, 0.05) is 21.7 Å². The van der Waals surface area contributed by atoms with Crippen molar-refractivity contribution in [1.29, 1.82) is 0 Å². The van der Waals surface area contributed by atoms with E-state index in [-0.39, 0.29) is 18.0 Å². The first kappa shape index (κ1) is 15.8. The van der Waals surface area contributed by atoms with Crippen LogP contribution in [0.5, 0.6) is 0 Å². The highest BCUT2D eigenvalue weighted by Gasteiger charge is 2.36. The lowest BCUT2D eigenvalue weighted by atomic mass is 9.81. The molecule has 1 aromatic rings. The molecule has 2 rings (SSSR count). The van der Waals surface area contributed by atoms with E-state index < -0.39 is 0 Å². The van der Waals surface area contributed by atoms with Crippen molar-refractivity contribution in [1.82, 2.24) is 5.32 Å². The van der Waals surface area contributed by atoms with Crippen molar-refractivity contribution in [3.63, 3.8) is 0 Å². The Morgan fingerprint density at radius 2 is 2.10 bits per heavy atom. The molecule has 0 bridgehead atoms. The molecule has 1 fully saturated rings. The normalized spacial score (nSPS) is 26.9. The molecule has 0 saturated heterocycles. The van der Waals surface area contributed by atoms with Crippen LogP contribution < -0.4 is 5.32 Å². The highest BCUT2D eigenvalue weighted by atomic mass is 32.2. The van der Waals surface area contributed by atoms with E-state index in [9.17, 15) is 9.50 Å². The summed E-state index contributed by atoms with van der Waals surface area (Å²) in [4.78, 5) is 1.11. The van der Waals surface area contributed by atoms with Gasteiger partial charge in [0.1, 0.15) is 5.82 Å². The van der Waals surface area contributed by atoms with Crippen molar-refractivity contribution in [2.45, 2.75) is 61.3 Å². The molecule has 1 aliphatic rings. The fourth-order valence-corrected chi connectivity index (χ4v) is 4.41. The average molecular weight is 297 g/mol. The molecule has 1 saturated carbocycles. The van der Waals surface area contributed by atoms with Gasteiger partial charge in [-0.1, -0.05) is 20.3 Å². The molecule has 0 aliphatic heterocycles. The Hall–Kier alpha value is -0.580. The summed E-state index contributed by atoms with van der Waals surface area (Å²) in [7, 11) is 0. The van der Waals surface area contributed by atoms with E-state index in [1.54, 1.807) is 11.8 Å². The average Bonchev–Trinajstić information content (AvgIpc) is 2.41. The SMILES string of the molecule is CC(C)NC1(CO)CCCC(Sc2ccc(F)cc2)C1. The molecule has 0 heterocycles. The number of hydrogen-bond acceptors (Lipinski definition) is 3. The third-order valence-corrected chi connectivity index (χ3v) is 5.09. The van der Waals surface area contributed by atoms with Crippen molar-refractivity contribution in [3.8, 4) is 0 Å². The highest BCUT2D eigenvalue weighted by molar-refractivity contribution is 8.00. The van der Waals surface area contributed by atoms with Gasteiger partial charge >= 0.3 is 0 Å². The second-order valence-corrected chi connectivity index (χ2v) is 7.40. The standard InChI is InChI=1S/C16H24FNOS/c1-12(2)18-16(11-19)9-3-4-15(10-16)20-14-7-5-13(17)6-8-14/h5-8,12,15,18-19H,3-4,9-11H2,1-2H3. The van der Waals surface area contributed by atoms with E-state index in [2.05, 4.69) is 19.2 Å². The Labute approximate surface area is 125 Å². The molecule has 1 aromatic carbocycles. The second-order valence-electron chi connectivity index (χ2n) is 6.03. The predicted octanol–water partition coefficient (Wildman–Crippen LogP) is 3.59. The van der Waals surface area contributed by atoms with Crippen LogP contribution in [0, 0.1) is 5.82 Å². The van der Waals surface area contributed by atoms with Gasteiger partial charge in [0.2, 0.25) is 0 Å². The van der Waals surface area contributed by atoms with Gasteiger partial charge in [0.15, 0.2) is 0 Å². The molecule has 2 nitrogen and oxygen atoms in total. The maximum Gasteiger partial charge on any atom is 0.123 e. The van der Waals surface area contributed by atoms with Gasteiger partial charge in [0.05, 0.1) is 6.61 Å². The fraction of sp³-hybridized carbons (Fsp3) is 0.625. The molecular weight excluding hydrogens is 273 g/mol. The zero-order chi connectivity index (χ0) is 14.6. The summed E-state index contributed by atoms with van der Waals surface area (Å²) < 4.78 is 12.9. The Morgan fingerprint density at radius 1 is 1.40 bits per heavy atom. The van der Waals surface area contributed by atoms with Crippen LogP contribution in [-0.4, -0.2) is 28.5 Å². The number of benzene rings is 1. The summed E-state index contributed by atoms with van der Waals surface area (Å²) in [6.45, 7) is 4.42. The molecule has 1 aliphatic carbocycles. The maximum absolute atomic E-state index is 12.9. The third-order valence-electron chi connectivity index (χ3n) is 3.81. The molecule has 0 aromatic heterocycles. The molecule has 2 unspecified atom stereocenters. The van der Waals surface area contributed by atoms with Crippen LogP contribution in [0.15, 0.2) is 29.2 Å². The van der Waals surface area contributed by atoms with Crippen molar-refractivity contribution in [2.24, 2.45) is 0 Å². The molecule has 112 valence electrons. The van der Waals surface area contributed by atoms with Gasteiger partial charge in [-0.3, -0.25) is 0 Å². The number of nitrogens with one attached hydrogen (secondary N) is 1. The number of rotatable bonds is 5. The first-order chi connectivity index (χ1) is 9.53. The van der Waals surface area contributed by atoms with Crippen LogP contribution in [0.4, 0.5) is 4.39 Å². The smallest absolute Gasteiger partial charge is 0.123 e. The molecule has 0 radical (unpaired) electrons. The lowest BCUT2D eigenvalue weighted by Crippen LogP contribution is -2.54. The van der Waals surface area contributed by atoms with Crippen LogP contribution in [0.1, 0.15) is 39.5 Å². The molecule has 0 spiro atoms. The van der Waals surface area contributed by atoms with E-state index >= 15 is 0 Å². The summed E-state index contributed by atoms with van der Waals surface area (Å²) in [6.07, 6.45) is 4.27. The minimum atomic E-state index is -0.191. The predicted molar refractivity (Wildman–Crippen MR) is 82.6 cm³/mol. The maximum atomic E-state index is 12.9. The van der Waals surface area contributed by atoms with Gasteiger partial charge in [-0.05, 0) is 43.5 Å². The third kappa shape index (κ3) is 4.21. The Bertz CT molecular complexity index is 423. The van der Waals surface area contributed by atoms with Crippen LogP contribution >= 0.6 is 11.8 Å². The van der Waals surface area contributed by atoms with Crippen molar-refractivity contribution in [2.75, 3.05) is 6.61 Å². The monoisotopic (exact) mass is 297 g/mol. The number of aliphatic hydroxyl groups is 1. The highest BCUT2D eigenvalue weighted by Crippen LogP contribution is 2.38. The Balaban J connectivity index is 2.00. The minimum Gasteiger partial charge on any atom is -0.394 e. The Morgan fingerprint density at radius 3 is 2.70 bits per heavy atom. The molecule has 0 amide bonds. The number of hydrogen-bond donors (Lipinski definition) is 2. The fourth-order valence-electron chi connectivity index (χ4n) is 3.05. The van der Waals surface area contributed by atoms with E-state index in [0.29, 0.717) is 11.3 Å². The largest absolute Gasteiger partial charge is 0.394 e. The summed E-state index contributed by atoms with van der Waals surface area (Å²) in [6, 6.07) is 7.07. The topological polar surface area (TPSA) is 32.3 Å². The lowest BCUT2D eigenvalue weighted by molar-refractivity contribution is 0.115. The van der Waals surface area contributed by atoms with Crippen LogP contribution in [0.2, 0.25) is 0 Å². The van der Waals surface area contributed by atoms with Gasteiger partial charge < -0.3 is 10.4 Å². The lowest BCUT2D eigenvalue weighted by Gasteiger charge is -2.41. The number of thioether (sulfide) groups is 1. The Kier molecular flexibility index (Phi) is 5.47. The molecule has 4 heteroatoms. The number of halogens is 1. The summed E-state index contributed by atoms with van der Waals surface area (Å²) in [5.41, 5.74) is -0.149. The summed E-state index contributed by atoms with van der Waals surface area (Å²) >= 11 is 1.80. The van der Waals surface area contributed by atoms with Crippen molar-refractivity contribution >= 4 is 11.8 Å². The molecule has 2 N–H and O–H groups in total. The van der Waals surface area contributed by atoms with Crippen LogP contribution in [-0.2, 0) is 0 Å². The zero-order valence-electron chi connectivity index (χ0n) is 12.2.